The molecule has 0 atom stereocenters. The molecule has 8 heteroatoms. The summed E-state index contributed by atoms with van der Waals surface area (Å²) in [6.07, 6.45) is 0. The maximum absolute atomic E-state index is 13.2. The van der Waals surface area contributed by atoms with Crippen LogP contribution in [0.4, 0.5) is 10.2 Å². The third-order valence-electron chi connectivity index (χ3n) is 4.29. The van der Waals surface area contributed by atoms with Crippen molar-refractivity contribution in [3.63, 3.8) is 0 Å². The van der Waals surface area contributed by atoms with Gasteiger partial charge < -0.3 is 15.0 Å². The van der Waals surface area contributed by atoms with Crippen LogP contribution in [0.15, 0.2) is 30.3 Å². The maximum atomic E-state index is 13.2. The van der Waals surface area contributed by atoms with Crippen LogP contribution in [-0.4, -0.2) is 33.2 Å². The van der Waals surface area contributed by atoms with Gasteiger partial charge in [-0.25, -0.2) is 13.9 Å². The van der Waals surface area contributed by atoms with E-state index in [0.29, 0.717) is 34.0 Å². The summed E-state index contributed by atoms with van der Waals surface area (Å²) in [5.74, 6) is -0.819. The Kier molecular flexibility index (Phi) is 5.30. The second-order valence-corrected chi connectivity index (χ2v) is 6.36. The van der Waals surface area contributed by atoms with Gasteiger partial charge in [0.1, 0.15) is 17.3 Å². The molecule has 0 fully saturated rings. The fourth-order valence-corrected chi connectivity index (χ4v) is 3.03. The monoisotopic (exact) mass is 384 g/mol. The van der Waals surface area contributed by atoms with Gasteiger partial charge in [0.05, 0.1) is 23.6 Å². The van der Waals surface area contributed by atoms with E-state index in [1.807, 2.05) is 0 Å². The van der Waals surface area contributed by atoms with E-state index in [-0.39, 0.29) is 18.1 Å². The number of carbonyl (C=O) groups is 2. The Balaban J connectivity index is 1.92. The Morgan fingerprint density at radius 2 is 1.89 bits per heavy atom. The maximum Gasteiger partial charge on any atom is 0.340 e. The molecule has 0 saturated carbocycles. The summed E-state index contributed by atoms with van der Waals surface area (Å²) in [5, 5.41) is 7.15. The molecular formula is C20H21FN4O3. The number of nitrogens with one attached hydrogen (secondary N) is 2. The number of benzene rings is 1. The molecule has 0 bridgehead atoms. The number of halogens is 1. The van der Waals surface area contributed by atoms with Crippen molar-refractivity contribution in [2.75, 3.05) is 11.9 Å². The van der Waals surface area contributed by atoms with Crippen LogP contribution in [0.2, 0.25) is 0 Å². The highest BCUT2D eigenvalue weighted by Crippen LogP contribution is 2.22. The van der Waals surface area contributed by atoms with Gasteiger partial charge in [-0.05, 0) is 57.5 Å². The van der Waals surface area contributed by atoms with E-state index >= 15 is 0 Å². The number of anilines is 1. The number of aromatic nitrogens is 3. The van der Waals surface area contributed by atoms with Crippen LogP contribution in [0.3, 0.4) is 0 Å². The van der Waals surface area contributed by atoms with Gasteiger partial charge in [-0.2, -0.15) is 5.10 Å². The smallest absolute Gasteiger partial charge is 0.340 e. The third kappa shape index (κ3) is 3.66. The van der Waals surface area contributed by atoms with Crippen LogP contribution < -0.4 is 5.32 Å². The fraction of sp³-hybridized carbons (Fsp3) is 0.250. The molecule has 7 nitrogen and oxygen atoms in total. The SMILES string of the molecule is CCOC(=O)c1c(C)[nH]c(C(=O)Nc2cc(C)nn2-c2ccc(F)cc2)c1C. The molecule has 0 aliphatic rings. The molecule has 0 spiro atoms. The standard InChI is InChI=1S/C20H21FN4O3/c1-5-28-20(27)17-12(3)18(22-13(17)4)19(26)23-16-10-11(2)24-25(16)15-8-6-14(21)7-9-15/h6-10,22H,5H2,1-4H3,(H,23,26). The first-order valence-electron chi connectivity index (χ1n) is 8.82. The van der Waals surface area contributed by atoms with Crippen molar-refractivity contribution in [2.45, 2.75) is 27.7 Å². The molecule has 146 valence electrons. The summed E-state index contributed by atoms with van der Waals surface area (Å²) in [7, 11) is 0. The van der Waals surface area contributed by atoms with Gasteiger partial charge >= 0.3 is 5.97 Å². The second-order valence-electron chi connectivity index (χ2n) is 6.36. The second kappa shape index (κ2) is 7.67. The predicted octanol–water partition coefficient (Wildman–Crippen LogP) is 3.69. The number of aryl methyl sites for hydroxylation is 2. The van der Waals surface area contributed by atoms with E-state index in [2.05, 4.69) is 15.4 Å². The number of hydrogen-bond acceptors (Lipinski definition) is 4. The largest absolute Gasteiger partial charge is 0.462 e. The quantitative estimate of drug-likeness (QED) is 0.657. The van der Waals surface area contributed by atoms with Gasteiger partial charge in [0.25, 0.3) is 5.91 Å². The minimum absolute atomic E-state index is 0.251. The Hall–Kier alpha value is -3.42. The lowest BCUT2D eigenvalue weighted by Gasteiger charge is -2.09. The average Bonchev–Trinajstić information content (AvgIpc) is 3.15. The first kappa shape index (κ1) is 19.3. The number of hydrogen-bond donors (Lipinski definition) is 2. The molecule has 2 aromatic heterocycles. The van der Waals surface area contributed by atoms with Crippen LogP contribution in [0.5, 0.6) is 0 Å². The summed E-state index contributed by atoms with van der Waals surface area (Å²) >= 11 is 0. The molecule has 1 aromatic carbocycles. The lowest BCUT2D eigenvalue weighted by molar-refractivity contribution is 0.0525. The highest BCUT2D eigenvalue weighted by molar-refractivity contribution is 6.06. The van der Waals surface area contributed by atoms with Gasteiger partial charge in [0.15, 0.2) is 0 Å². The predicted molar refractivity (Wildman–Crippen MR) is 102 cm³/mol. The van der Waals surface area contributed by atoms with E-state index in [4.69, 9.17) is 4.74 Å². The summed E-state index contributed by atoms with van der Waals surface area (Å²) in [5.41, 5.74) is 2.99. The van der Waals surface area contributed by atoms with Crippen molar-refractivity contribution in [3.8, 4) is 5.69 Å². The highest BCUT2D eigenvalue weighted by atomic mass is 19.1. The van der Waals surface area contributed by atoms with E-state index < -0.39 is 11.9 Å². The fourth-order valence-electron chi connectivity index (χ4n) is 3.03. The first-order chi connectivity index (χ1) is 13.3. The van der Waals surface area contributed by atoms with Crippen molar-refractivity contribution in [2.24, 2.45) is 0 Å². The summed E-state index contributed by atoms with van der Waals surface area (Å²) < 4.78 is 19.8. The summed E-state index contributed by atoms with van der Waals surface area (Å²) in [6, 6.07) is 7.49. The molecule has 28 heavy (non-hydrogen) atoms. The van der Waals surface area contributed by atoms with Crippen LogP contribution >= 0.6 is 0 Å². The van der Waals surface area contributed by atoms with Crippen molar-refractivity contribution in [1.82, 2.24) is 14.8 Å². The molecule has 2 N–H and O–H groups in total. The Bertz CT molecular complexity index is 1030. The van der Waals surface area contributed by atoms with Crippen LogP contribution in [-0.2, 0) is 4.74 Å². The van der Waals surface area contributed by atoms with Crippen LogP contribution in [0.1, 0.15) is 44.7 Å². The lowest BCUT2D eigenvalue weighted by atomic mass is 10.1. The van der Waals surface area contributed by atoms with Gasteiger partial charge in [0, 0.05) is 11.8 Å². The average molecular weight is 384 g/mol. The number of ether oxygens (including phenoxy) is 1. The number of rotatable bonds is 5. The zero-order chi connectivity index (χ0) is 20.4. The zero-order valence-corrected chi connectivity index (χ0v) is 16.1. The molecule has 0 aliphatic carbocycles. The van der Waals surface area contributed by atoms with Crippen molar-refractivity contribution in [1.29, 1.82) is 0 Å². The van der Waals surface area contributed by atoms with Crippen molar-refractivity contribution < 1.29 is 18.7 Å². The third-order valence-corrected chi connectivity index (χ3v) is 4.29. The molecule has 3 aromatic rings. The van der Waals surface area contributed by atoms with E-state index in [1.165, 1.54) is 16.8 Å². The van der Waals surface area contributed by atoms with E-state index in [0.717, 1.165) is 0 Å². The molecule has 0 aliphatic heterocycles. The number of amides is 1. The van der Waals surface area contributed by atoms with Gasteiger partial charge in [0.2, 0.25) is 0 Å². The van der Waals surface area contributed by atoms with E-state index in [9.17, 15) is 14.0 Å². The number of carbonyl (C=O) groups excluding carboxylic acids is 2. The summed E-state index contributed by atoms with van der Waals surface area (Å²) in [4.78, 5) is 27.9. The minimum Gasteiger partial charge on any atom is -0.462 e. The lowest BCUT2D eigenvalue weighted by Crippen LogP contribution is -2.17. The van der Waals surface area contributed by atoms with Crippen molar-refractivity contribution in [3.05, 3.63) is 64.4 Å². The number of nitrogens with zero attached hydrogens (tertiary/aromatic N) is 2. The number of esters is 1. The molecule has 0 unspecified atom stereocenters. The molecule has 3 rings (SSSR count). The van der Waals surface area contributed by atoms with Gasteiger partial charge in [-0.3, -0.25) is 4.79 Å². The van der Waals surface area contributed by atoms with Crippen molar-refractivity contribution >= 4 is 17.7 Å². The van der Waals surface area contributed by atoms with Crippen LogP contribution in [0, 0.1) is 26.6 Å². The Morgan fingerprint density at radius 3 is 2.54 bits per heavy atom. The topological polar surface area (TPSA) is 89.0 Å². The molecule has 2 heterocycles. The highest BCUT2D eigenvalue weighted by Gasteiger charge is 2.23. The Morgan fingerprint density at radius 1 is 1.21 bits per heavy atom. The molecular weight excluding hydrogens is 363 g/mol. The summed E-state index contributed by atoms with van der Waals surface area (Å²) in [6.45, 7) is 7.16. The van der Waals surface area contributed by atoms with Gasteiger partial charge in [-0.1, -0.05) is 0 Å². The molecule has 1 amide bonds. The van der Waals surface area contributed by atoms with E-state index in [1.54, 1.807) is 45.9 Å². The van der Waals surface area contributed by atoms with Gasteiger partial charge in [-0.15, -0.1) is 0 Å². The Labute approximate surface area is 161 Å². The normalized spacial score (nSPS) is 10.8. The minimum atomic E-state index is -0.472. The number of aromatic amines is 1. The molecule has 0 saturated heterocycles. The molecule has 0 radical (unpaired) electrons. The first-order valence-corrected chi connectivity index (χ1v) is 8.82. The van der Waals surface area contributed by atoms with Crippen LogP contribution in [0.25, 0.3) is 5.69 Å². The number of H-pyrrole nitrogens is 1. The zero-order valence-electron chi connectivity index (χ0n) is 16.1.